The van der Waals surface area contributed by atoms with Gasteiger partial charge in [0.15, 0.2) is 5.11 Å². The first kappa shape index (κ1) is 13.3. The van der Waals surface area contributed by atoms with Gasteiger partial charge in [-0.1, -0.05) is 31.0 Å². The molecular weight excluding hydrogens is 244 g/mol. The highest BCUT2D eigenvalue weighted by Crippen LogP contribution is 2.19. The van der Waals surface area contributed by atoms with Crippen LogP contribution in [-0.4, -0.2) is 18.3 Å². The predicted molar refractivity (Wildman–Crippen MR) is 78.8 cm³/mol. The molecule has 0 amide bonds. The van der Waals surface area contributed by atoms with E-state index in [4.69, 9.17) is 17.0 Å². The molecule has 1 saturated carbocycles. The normalized spacial score (nSPS) is 15.6. The largest absolute Gasteiger partial charge is 0.380 e. The Bertz CT molecular complexity index is 403. The molecule has 1 aliphatic carbocycles. The zero-order valence-electron chi connectivity index (χ0n) is 10.7. The lowest BCUT2D eigenvalue weighted by molar-refractivity contribution is 0.185. The number of ether oxygens (including phenoxy) is 1. The molecule has 3 nitrogen and oxygen atoms in total. The Morgan fingerprint density at radius 3 is 2.78 bits per heavy atom. The fraction of sp³-hybridized carbons (Fsp3) is 0.500. The van der Waals surface area contributed by atoms with Crippen LogP contribution in [0.5, 0.6) is 0 Å². The quantitative estimate of drug-likeness (QED) is 0.819. The molecule has 0 atom stereocenters. The molecule has 0 aliphatic heterocycles. The number of anilines is 1. The summed E-state index contributed by atoms with van der Waals surface area (Å²) < 4.78 is 5.18. The van der Waals surface area contributed by atoms with E-state index in [1.807, 2.05) is 24.3 Å². The van der Waals surface area contributed by atoms with Crippen LogP contribution in [0.4, 0.5) is 5.69 Å². The van der Waals surface area contributed by atoms with Crippen LogP contribution in [0.1, 0.15) is 31.2 Å². The fourth-order valence-electron chi connectivity index (χ4n) is 2.34. The molecule has 0 bridgehead atoms. The fourth-order valence-corrected chi connectivity index (χ4v) is 2.61. The molecular formula is C14H20N2OS. The third-order valence-electron chi connectivity index (χ3n) is 3.26. The van der Waals surface area contributed by atoms with E-state index in [0.29, 0.717) is 17.8 Å². The Labute approximate surface area is 114 Å². The number of rotatable bonds is 4. The van der Waals surface area contributed by atoms with Crippen molar-refractivity contribution in [2.24, 2.45) is 0 Å². The molecule has 1 aromatic carbocycles. The van der Waals surface area contributed by atoms with E-state index < -0.39 is 0 Å². The van der Waals surface area contributed by atoms with Crippen LogP contribution in [0.25, 0.3) is 0 Å². The highest BCUT2D eigenvalue weighted by atomic mass is 32.1. The van der Waals surface area contributed by atoms with Crippen molar-refractivity contribution in [1.29, 1.82) is 0 Å². The summed E-state index contributed by atoms with van der Waals surface area (Å²) in [6.07, 6.45) is 5.06. The van der Waals surface area contributed by atoms with Gasteiger partial charge in [0.05, 0.1) is 6.61 Å². The van der Waals surface area contributed by atoms with Gasteiger partial charge in [-0.25, -0.2) is 0 Å². The number of thiocarbonyl (C=S) groups is 1. The van der Waals surface area contributed by atoms with Crippen molar-refractivity contribution in [3.8, 4) is 0 Å². The average Bonchev–Trinajstić information content (AvgIpc) is 2.84. The maximum absolute atomic E-state index is 5.35. The molecule has 0 saturated heterocycles. The predicted octanol–water partition coefficient (Wildman–Crippen LogP) is 3.06. The third kappa shape index (κ3) is 3.68. The standard InChI is InChI=1S/C14H20N2OS/c1-17-10-11-6-2-5-9-13(11)16-14(18)15-12-7-3-4-8-12/h2,5-6,9,12H,3-4,7-8,10H2,1H3,(H2,15,16,18). The number of benzene rings is 1. The van der Waals surface area contributed by atoms with E-state index in [0.717, 1.165) is 11.3 Å². The van der Waals surface area contributed by atoms with Gasteiger partial charge in [-0.3, -0.25) is 0 Å². The van der Waals surface area contributed by atoms with Gasteiger partial charge in [-0.2, -0.15) is 0 Å². The summed E-state index contributed by atoms with van der Waals surface area (Å²) in [7, 11) is 1.70. The van der Waals surface area contributed by atoms with Gasteiger partial charge in [0, 0.05) is 24.4 Å². The number of hydrogen-bond donors (Lipinski definition) is 2. The van der Waals surface area contributed by atoms with E-state index in [1.165, 1.54) is 25.7 Å². The van der Waals surface area contributed by atoms with Crippen molar-refractivity contribution in [2.45, 2.75) is 38.3 Å². The average molecular weight is 264 g/mol. The van der Waals surface area contributed by atoms with Crippen LogP contribution < -0.4 is 10.6 Å². The van der Waals surface area contributed by atoms with Gasteiger partial charge in [-0.05, 0) is 31.1 Å². The van der Waals surface area contributed by atoms with Gasteiger partial charge in [-0.15, -0.1) is 0 Å². The Balaban J connectivity index is 1.93. The lowest BCUT2D eigenvalue weighted by atomic mass is 10.2. The SMILES string of the molecule is COCc1ccccc1NC(=S)NC1CCCC1. The number of para-hydroxylation sites is 1. The molecule has 2 N–H and O–H groups in total. The summed E-state index contributed by atoms with van der Waals surface area (Å²) >= 11 is 5.35. The highest BCUT2D eigenvalue weighted by molar-refractivity contribution is 7.80. The monoisotopic (exact) mass is 264 g/mol. The van der Waals surface area contributed by atoms with Gasteiger partial charge in [0.1, 0.15) is 0 Å². The summed E-state index contributed by atoms with van der Waals surface area (Å²) in [6.45, 7) is 0.592. The van der Waals surface area contributed by atoms with E-state index in [2.05, 4.69) is 10.6 Å². The number of hydrogen-bond acceptors (Lipinski definition) is 2. The lowest BCUT2D eigenvalue weighted by Gasteiger charge is -2.17. The van der Waals surface area contributed by atoms with Gasteiger partial charge < -0.3 is 15.4 Å². The molecule has 2 rings (SSSR count). The zero-order valence-corrected chi connectivity index (χ0v) is 11.6. The highest BCUT2D eigenvalue weighted by Gasteiger charge is 2.15. The van der Waals surface area contributed by atoms with Crippen LogP contribution in [0.15, 0.2) is 24.3 Å². The second kappa shape index (κ2) is 6.71. The maximum atomic E-state index is 5.35. The first-order valence-corrected chi connectivity index (χ1v) is 6.85. The van der Waals surface area contributed by atoms with Crippen molar-refractivity contribution in [3.05, 3.63) is 29.8 Å². The van der Waals surface area contributed by atoms with Crippen LogP contribution >= 0.6 is 12.2 Å². The third-order valence-corrected chi connectivity index (χ3v) is 3.48. The molecule has 4 heteroatoms. The van der Waals surface area contributed by atoms with Gasteiger partial charge in [0.2, 0.25) is 0 Å². The number of methoxy groups -OCH3 is 1. The molecule has 1 aromatic rings. The Morgan fingerprint density at radius 2 is 2.06 bits per heavy atom. The molecule has 0 aromatic heterocycles. The Morgan fingerprint density at radius 1 is 1.33 bits per heavy atom. The minimum Gasteiger partial charge on any atom is -0.380 e. The summed E-state index contributed by atoms with van der Waals surface area (Å²) in [5.41, 5.74) is 2.14. The van der Waals surface area contributed by atoms with Crippen molar-refractivity contribution < 1.29 is 4.74 Å². The second-order valence-corrected chi connectivity index (χ2v) is 5.08. The maximum Gasteiger partial charge on any atom is 0.171 e. The lowest BCUT2D eigenvalue weighted by Crippen LogP contribution is -2.36. The van der Waals surface area contributed by atoms with Crippen molar-refractivity contribution in [2.75, 3.05) is 12.4 Å². The van der Waals surface area contributed by atoms with Crippen molar-refractivity contribution >= 4 is 23.0 Å². The van der Waals surface area contributed by atoms with Crippen molar-refractivity contribution in [1.82, 2.24) is 5.32 Å². The van der Waals surface area contributed by atoms with Gasteiger partial charge in [0.25, 0.3) is 0 Å². The smallest absolute Gasteiger partial charge is 0.171 e. The van der Waals surface area contributed by atoms with E-state index >= 15 is 0 Å². The van der Waals surface area contributed by atoms with E-state index in [1.54, 1.807) is 7.11 Å². The summed E-state index contributed by atoms with van der Waals surface area (Å²) in [4.78, 5) is 0. The molecule has 18 heavy (non-hydrogen) atoms. The van der Waals surface area contributed by atoms with Crippen LogP contribution in [0.3, 0.4) is 0 Å². The molecule has 1 aliphatic rings. The first-order chi connectivity index (χ1) is 8.79. The molecule has 98 valence electrons. The number of nitrogens with one attached hydrogen (secondary N) is 2. The Kier molecular flexibility index (Phi) is 4.96. The van der Waals surface area contributed by atoms with Crippen LogP contribution in [-0.2, 0) is 11.3 Å². The Hall–Kier alpha value is -1.13. The molecule has 0 spiro atoms. The molecule has 1 fully saturated rings. The van der Waals surface area contributed by atoms with Gasteiger partial charge >= 0.3 is 0 Å². The second-order valence-electron chi connectivity index (χ2n) is 4.67. The van der Waals surface area contributed by atoms with E-state index in [-0.39, 0.29) is 0 Å². The summed E-state index contributed by atoms with van der Waals surface area (Å²) in [6, 6.07) is 8.62. The molecule has 0 heterocycles. The van der Waals surface area contributed by atoms with E-state index in [9.17, 15) is 0 Å². The first-order valence-electron chi connectivity index (χ1n) is 6.44. The minimum atomic E-state index is 0.541. The summed E-state index contributed by atoms with van der Waals surface area (Å²) in [5.74, 6) is 0. The molecule has 0 radical (unpaired) electrons. The molecule has 0 unspecified atom stereocenters. The summed E-state index contributed by atoms with van der Waals surface area (Å²) in [5, 5.41) is 7.35. The zero-order chi connectivity index (χ0) is 12.8. The van der Waals surface area contributed by atoms with Crippen LogP contribution in [0, 0.1) is 0 Å². The van der Waals surface area contributed by atoms with Crippen molar-refractivity contribution in [3.63, 3.8) is 0 Å². The topological polar surface area (TPSA) is 33.3 Å². The van der Waals surface area contributed by atoms with Crippen LogP contribution in [0.2, 0.25) is 0 Å². The minimum absolute atomic E-state index is 0.541.